The van der Waals surface area contributed by atoms with Gasteiger partial charge < -0.3 is 18.5 Å². The Morgan fingerprint density at radius 2 is 1.83 bits per heavy atom. The number of carbonyl (C=O) groups is 2. The molecule has 0 saturated heterocycles. The van der Waals surface area contributed by atoms with E-state index in [1.54, 1.807) is 24.5 Å². The number of fused-ring (bicyclic) bond motifs is 1. The lowest BCUT2D eigenvalue weighted by molar-refractivity contribution is -0.145. The number of aromatic nitrogens is 1. The van der Waals surface area contributed by atoms with Gasteiger partial charge in [-0.3, -0.25) is 4.79 Å². The van der Waals surface area contributed by atoms with Crippen LogP contribution in [-0.4, -0.2) is 23.1 Å². The van der Waals surface area contributed by atoms with Crippen LogP contribution in [0, 0.1) is 13.8 Å². The van der Waals surface area contributed by atoms with Gasteiger partial charge in [-0.15, -0.1) is 0 Å². The lowest BCUT2D eigenvalue weighted by Gasteiger charge is -2.11. The van der Waals surface area contributed by atoms with E-state index in [-0.39, 0.29) is 19.8 Å². The smallest absolute Gasteiger partial charge is 0.339 e. The van der Waals surface area contributed by atoms with Gasteiger partial charge in [-0.1, -0.05) is 19.1 Å². The molecule has 0 radical (unpaired) electrons. The molecule has 158 valence electrons. The van der Waals surface area contributed by atoms with Gasteiger partial charge in [-0.2, -0.15) is 0 Å². The first-order valence-electron chi connectivity index (χ1n) is 9.89. The summed E-state index contributed by atoms with van der Waals surface area (Å²) in [4.78, 5) is 36.4. The van der Waals surface area contributed by atoms with Gasteiger partial charge >= 0.3 is 17.6 Å². The zero-order valence-electron chi connectivity index (χ0n) is 17.6. The van der Waals surface area contributed by atoms with E-state index < -0.39 is 17.6 Å². The fourth-order valence-corrected chi connectivity index (χ4v) is 3.41. The Balaban J connectivity index is 1.76. The largest absolute Gasteiger partial charge is 0.462 e. The second kappa shape index (κ2) is 8.98. The van der Waals surface area contributed by atoms with Crippen LogP contribution in [0.15, 0.2) is 39.5 Å². The zero-order valence-corrected chi connectivity index (χ0v) is 17.6. The molecule has 2 heterocycles. The number of rotatable bonds is 7. The molecule has 0 fully saturated rings. The molecule has 3 rings (SSSR count). The minimum absolute atomic E-state index is 0.0451. The predicted molar refractivity (Wildman–Crippen MR) is 112 cm³/mol. The highest BCUT2D eigenvalue weighted by Gasteiger charge is 2.19. The Bertz CT molecular complexity index is 1150. The van der Waals surface area contributed by atoms with Crippen molar-refractivity contribution in [2.45, 2.75) is 47.3 Å². The normalized spacial score (nSPS) is 10.9. The molecule has 3 aromatic rings. The third-order valence-corrected chi connectivity index (χ3v) is 5.05. The maximum Gasteiger partial charge on any atom is 0.339 e. The molecule has 0 atom stereocenters. The molecule has 7 nitrogen and oxygen atoms in total. The standard InChI is InChI=1S/C23H25NO6/c1-5-16-7-8-18-17(11-21(25)30-20(18)10-16)13-29-22(26)12-24-14(3)9-19(15(24)4)23(27)28-6-2/h7-11H,5-6,12-13H2,1-4H3. The average molecular weight is 411 g/mol. The highest BCUT2D eigenvalue weighted by molar-refractivity contribution is 5.91. The molecular formula is C23H25NO6. The second-order valence-electron chi connectivity index (χ2n) is 7.03. The summed E-state index contributed by atoms with van der Waals surface area (Å²) in [6, 6.07) is 8.68. The van der Waals surface area contributed by atoms with Crippen molar-refractivity contribution in [1.29, 1.82) is 0 Å². The number of carbonyl (C=O) groups excluding carboxylic acids is 2. The molecule has 0 N–H and O–H groups in total. The molecule has 0 aliphatic rings. The number of hydrogen-bond acceptors (Lipinski definition) is 6. The molecule has 30 heavy (non-hydrogen) atoms. The topological polar surface area (TPSA) is 87.7 Å². The molecule has 2 aromatic heterocycles. The van der Waals surface area contributed by atoms with E-state index in [9.17, 15) is 14.4 Å². The van der Waals surface area contributed by atoms with Crippen LogP contribution < -0.4 is 5.63 Å². The van der Waals surface area contributed by atoms with Gasteiger partial charge in [0.15, 0.2) is 0 Å². The quantitative estimate of drug-likeness (QED) is 0.435. The average Bonchev–Trinajstić information content (AvgIpc) is 2.99. The van der Waals surface area contributed by atoms with Crippen LogP contribution in [0.5, 0.6) is 0 Å². The second-order valence-corrected chi connectivity index (χ2v) is 7.03. The maximum atomic E-state index is 12.5. The molecule has 0 amide bonds. The number of aryl methyl sites for hydroxylation is 2. The minimum atomic E-state index is -0.488. The Kier molecular flexibility index (Phi) is 6.40. The van der Waals surface area contributed by atoms with Crippen molar-refractivity contribution in [3.63, 3.8) is 0 Å². The highest BCUT2D eigenvalue weighted by Crippen LogP contribution is 2.20. The number of benzene rings is 1. The molecule has 0 aliphatic heterocycles. The van der Waals surface area contributed by atoms with Crippen molar-refractivity contribution in [3.05, 3.63) is 68.8 Å². The van der Waals surface area contributed by atoms with Crippen LogP contribution in [0.3, 0.4) is 0 Å². The van der Waals surface area contributed by atoms with E-state index in [0.717, 1.165) is 23.1 Å². The first-order chi connectivity index (χ1) is 14.3. The number of esters is 2. The molecule has 0 unspecified atom stereocenters. The number of hydrogen-bond donors (Lipinski definition) is 0. The fraction of sp³-hybridized carbons (Fsp3) is 0.348. The molecular weight excluding hydrogens is 386 g/mol. The maximum absolute atomic E-state index is 12.5. The SMILES string of the molecule is CCOC(=O)c1cc(C)n(CC(=O)OCc2cc(=O)oc3cc(CC)ccc23)c1C. The molecule has 7 heteroatoms. The van der Waals surface area contributed by atoms with Crippen molar-refractivity contribution in [3.8, 4) is 0 Å². The summed E-state index contributed by atoms with van der Waals surface area (Å²) in [6.07, 6.45) is 0.822. The van der Waals surface area contributed by atoms with Crippen molar-refractivity contribution in [2.75, 3.05) is 6.61 Å². The first kappa shape index (κ1) is 21.4. The lowest BCUT2D eigenvalue weighted by atomic mass is 10.1. The van der Waals surface area contributed by atoms with E-state index in [0.29, 0.717) is 22.4 Å². The van der Waals surface area contributed by atoms with E-state index in [1.807, 2.05) is 32.0 Å². The Labute approximate surface area is 174 Å². The van der Waals surface area contributed by atoms with Gasteiger partial charge in [0, 0.05) is 28.4 Å². The zero-order chi connectivity index (χ0) is 21.8. The summed E-state index contributed by atoms with van der Waals surface area (Å²) in [5, 5.41) is 0.734. The van der Waals surface area contributed by atoms with Crippen LogP contribution in [0.25, 0.3) is 11.0 Å². The first-order valence-corrected chi connectivity index (χ1v) is 9.89. The van der Waals surface area contributed by atoms with Crippen LogP contribution in [-0.2, 0) is 33.8 Å². The summed E-state index contributed by atoms with van der Waals surface area (Å²) in [6.45, 7) is 7.52. The highest BCUT2D eigenvalue weighted by atomic mass is 16.5. The summed E-state index contributed by atoms with van der Waals surface area (Å²) in [7, 11) is 0. The van der Waals surface area contributed by atoms with Crippen LogP contribution in [0.2, 0.25) is 0 Å². The molecule has 1 aromatic carbocycles. The molecule has 0 bridgehead atoms. The number of nitrogens with zero attached hydrogens (tertiary/aromatic N) is 1. The summed E-state index contributed by atoms with van der Waals surface area (Å²) < 4.78 is 17.5. The van der Waals surface area contributed by atoms with Gasteiger partial charge in [0.25, 0.3) is 0 Å². The van der Waals surface area contributed by atoms with Crippen LogP contribution in [0.4, 0.5) is 0 Å². The van der Waals surface area contributed by atoms with Crippen LogP contribution >= 0.6 is 0 Å². The van der Waals surface area contributed by atoms with Crippen LogP contribution in [0.1, 0.15) is 46.7 Å². The third kappa shape index (κ3) is 4.45. The lowest BCUT2D eigenvalue weighted by Crippen LogP contribution is -2.16. The van der Waals surface area contributed by atoms with Crippen molar-refractivity contribution < 1.29 is 23.5 Å². The molecule has 0 spiro atoms. The summed E-state index contributed by atoms with van der Waals surface area (Å²) in [5.41, 5.74) is 3.45. The Morgan fingerprint density at radius 1 is 1.07 bits per heavy atom. The summed E-state index contributed by atoms with van der Waals surface area (Å²) >= 11 is 0. The van der Waals surface area contributed by atoms with E-state index >= 15 is 0 Å². The molecule has 0 aliphatic carbocycles. The van der Waals surface area contributed by atoms with Crippen molar-refractivity contribution in [1.82, 2.24) is 4.57 Å². The minimum Gasteiger partial charge on any atom is -0.462 e. The van der Waals surface area contributed by atoms with Gasteiger partial charge in [-0.05, 0) is 44.9 Å². The van der Waals surface area contributed by atoms with E-state index in [2.05, 4.69) is 0 Å². The van der Waals surface area contributed by atoms with E-state index in [1.165, 1.54) is 6.07 Å². The predicted octanol–water partition coefficient (Wildman–Crippen LogP) is 3.69. The van der Waals surface area contributed by atoms with Gasteiger partial charge in [0.2, 0.25) is 0 Å². The molecule has 0 saturated carbocycles. The van der Waals surface area contributed by atoms with Crippen molar-refractivity contribution in [2.24, 2.45) is 0 Å². The Morgan fingerprint density at radius 3 is 2.53 bits per heavy atom. The summed E-state index contributed by atoms with van der Waals surface area (Å²) in [5.74, 6) is -0.891. The third-order valence-electron chi connectivity index (χ3n) is 5.05. The van der Waals surface area contributed by atoms with Crippen molar-refractivity contribution >= 4 is 22.9 Å². The van der Waals surface area contributed by atoms with E-state index in [4.69, 9.17) is 13.9 Å². The van der Waals surface area contributed by atoms with Gasteiger partial charge in [0.1, 0.15) is 18.7 Å². The number of ether oxygens (including phenoxy) is 2. The Hall–Kier alpha value is -3.35. The van der Waals surface area contributed by atoms with Gasteiger partial charge in [-0.25, -0.2) is 9.59 Å². The van der Waals surface area contributed by atoms with Gasteiger partial charge in [0.05, 0.1) is 12.2 Å². The fourth-order valence-electron chi connectivity index (χ4n) is 3.41. The monoisotopic (exact) mass is 411 g/mol.